The van der Waals surface area contributed by atoms with Crippen LogP contribution in [0.15, 0.2) is 48.5 Å². The summed E-state index contributed by atoms with van der Waals surface area (Å²) >= 11 is 0. The fraction of sp³-hybridized carbons (Fsp3) is 0.400. The molecule has 8 nitrogen and oxygen atoms in total. The number of carbonyl (C=O) groups excluding carboxylic acids is 2. The van der Waals surface area contributed by atoms with Gasteiger partial charge in [-0.1, -0.05) is 48.5 Å². The third-order valence-electron chi connectivity index (χ3n) is 5.88. The molecule has 1 fully saturated rings. The SMILES string of the molecule is CC(C)(C)OC(=O)N[C@H]1C[C@@H](C(=O)O)N(C(=O)OCC2c3ccccc3-c3ccccc32)C1. The van der Waals surface area contributed by atoms with E-state index in [1.165, 1.54) is 0 Å². The molecule has 0 aromatic heterocycles. The predicted octanol–water partition coefficient (Wildman–Crippen LogP) is 3.99. The second kappa shape index (κ2) is 8.77. The molecule has 0 unspecified atom stereocenters. The Morgan fingerprint density at radius 3 is 2.15 bits per heavy atom. The van der Waals surface area contributed by atoms with Crippen molar-refractivity contribution in [3.05, 3.63) is 59.7 Å². The standard InChI is InChI=1S/C25H28N2O6/c1-25(2,3)33-23(30)26-15-12-21(22(28)29)27(13-15)24(31)32-14-20-18-10-6-4-8-16(18)17-9-5-7-11-19(17)20/h4-11,15,20-21H,12-14H2,1-3H3,(H,26,30)(H,28,29)/t15-,21-/m0/s1. The van der Waals surface area contributed by atoms with Crippen LogP contribution in [0.2, 0.25) is 0 Å². The van der Waals surface area contributed by atoms with Crippen LogP contribution in [0.5, 0.6) is 0 Å². The number of carboxylic acids is 1. The number of carbonyl (C=O) groups is 3. The van der Waals surface area contributed by atoms with Gasteiger partial charge in [0.25, 0.3) is 0 Å². The molecule has 174 valence electrons. The number of benzene rings is 2. The summed E-state index contributed by atoms with van der Waals surface area (Å²) in [5, 5.41) is 12.3. The van der Waals surface area contributed by atoms with Crippen molar-refractivity contribution < 1.29 is 29.0 Å². The Kier molecular flexibility index (Phi) is 6.01. The molecule has 0 spiro atoms. The zero-order chi connectivity index (χ0) is 23.8. The highest BCUT2D eigenvalue weighted by Crippen LogP contribution is 2.44. The summed E-state index contributed by atoms with van der Waals surface area (Å²) in [6.07, 6.45) is -1.28. The fourth-order valence-corrected chi connectivity index (χ4v) is 4.53. The Morgan fingerprint density at radius 2 is 1.61 bits per heavy atom. The topological polar surface area (TPSA) is 105 Å². The van der Waals surface area contributed by atoms with Crippen LogP contribution in [0.1, 0.15) is 44.2 Å². The molecule has 2 aliphatic rings. The van der Waals surface area contributed by atoms with E-state index in [0.29, 0.717) is 0 Å². The summed E-state index contributed by atoms with van der Waals surface area (Å²) < 4.78 is 10.9. The number of fused-ring (bicyclic) bond motifs is 3. The zero-order valence-corrected chi connectivity index (χ0v) is 18.9. The number of carboxylic acid groups (broad SMARTS) is 1. The molecule has 8 heteroatoms. The third-order valence-corrected chi connectivity index (χ3v) is 5.88. The van der Waals surface area contributed by atoms with Crippen molar-refractivity contribution in [3.8, 4) is 11.1 Å². The zero-order valence-electron chi connectivity index (χ0n) is 18.9. The van der Waals surface area contributed by atoms with Crippen LogP contribution in [0, 0.1) is 0 Å². The quantitative estimate of drug-likeness (QED) is 0.727. The summed E-state index contributed by atoms with van der Waals surface area (Å²) in [4.78, 5) is 37.9. The lowest BCUT2D eigenvalue weighted by atomic mass is 9.98. The molecular formula is C25H28N2O6. The lowest BCUT2D eigenvalue weighted by Gasteiger charge is -2.23. The fourth-order valence-electron chi connectivity index (χ4n) is 4.53. The van der Waals surface area contributed by atoms with Crippen LogP contribution in [-0.4, -0.2) is 59.0 Å². The van der Waals surface area contributed by atoms with E-state index in [1.54, 1.807) is 20.8 Å². The lowest BCUT2D eigenvalue weighted by molar-refractivity contribution is -0.141. The highest BCUT2D eigenvalue weighted by molar-refractivity contribution is 5.82. The molecule has 2 aromatic rings. The minimum absolute atomic E-state index is 0.0346. The minimum atomic E-state index is -1.14. The minimum Gasteiger partial charge on any atom is -0.480 e. The van der Waals surface area contributed by atoms with E-state index in [2.05, 4.69) is 5.32 Å². The average Bonchev–Trinajstić information content (AvgIpc) is 3.30. The van der Waals surface area contributed by atoms with Crippen LogP contribution in [0.3, 0.4) is 0 Å². The molecule has 0 bridgehead atoms. The largest absolute Gasteiger partial charge is 0.480 e. The monoisotopic (exact) mass is 452 g/mol. The second-order valence-electron chi connectivity index (χ2n) is 9.39. The molecule has 1 saturated heterocycles. The molecule has 2 amide bonds. The number of amides is 2. The number of nitrogens with zero attached hydrogens (tertiary/aromatic N) is 1. The number of hydrogen-bond donors (Lipinski definition) is 2. The number of aliphatic carboxylic acids is 1. The van der Waals surface area contributed by atoms with Crippen molar-refractivity contribution >= 4 is 18.2 Å². The molecular weight excluding hydrogens is 424 g/mol. The lowest BCUT2D eigenvalue weighted by Crippen LogP contribution is -2.43. The molecule has 1 heterocycles. The van der Waals surface area contributed by atoms with Gasteiger partial charge in [0, 0.05) is 18.9 Å². The summed E-state index contributed by atoms with van der Waals surface area (Å²) in [6, 6.07) is 14.4. The van der Waals surface area contributed by atoms with Crippen LogP contribution >= 0.6 is 0 Å². The Labute approximate surface area is 192 Å². The Hall–Kier alpha value is -3.55. The number of hydrogen-bond acceptors (Lipinski definition) is 5. The molecule has 1 aliphatic heterocycles. The first-order valence-corrected chi connectivity index (χ1v) is 11.0. The Bertz CT molecular complexity index is 1030. The van der Waals surface area contributed by atoms with E-state index in [-0.39, 0.29) is 25.5 Å². The van der Waals surface area contributed by atoms with Gasteiger partial charge in [-0.15, -0.1) is 0 Å². The number of nitrogens with one attached hydrogen (secondary N) is 1. The molecule has 4 rings (SSSR count). The first-order valence-electron chi connectivity index (χ1n) is 11.0. The van der Waals surface area contributed by atoms with Crippen molar-refractivity contribution in [2.45, 2.75) is 50.8 Å². The van der Waals surface area contributed by atoms with Gasteiger partial charge in [-0.05, 0) is 43.0 Å². The van der Waals surface area contributed by atoms with Crippen molar-refractivity contribution in [3.63, 3.8) is 0 Å². The van der Waals surface area contributed by atoms with Crippen molar-refractivity contribution in [2.75, 3.05) is 13.2 Å². The maximum Gasteiger partial charge on any atom is 0.410 e. The highest BCUT2D eigenvalue weighted by atomic mass is 16.6. The number of alkyl carbamates (subject to hydrolysis) is 1. The molecule has 2 N–H and O–H groups in total. The molecule has 2 aromatic carbocycles. The van der Waals surface area contributed by atoms with Crippen molar-refractivity contribution in [1.82, 2.24) is 10.2 Å². The van der Waals surface area contributed by atoms with Crippen LogP contribution < -0.4 is 5.32 Å². The van der Waals surface area contributed by atoms with Crippen molar-refractivity contribution in [2.24, 2.45) is 0 Å². The van der Waals surface area contributed by atoms with E-state index in [0.717, 1.165) is 27.2 Å². The second-order valence-corrected chi connectivity index (χ2v) is 9.39. The van der Waals surface area contributed by atoms with E-state index >= 15 is 0 Å². The van der Waals surface area contributed by atoms with E-state index in [4.69, 9.17) is 9.47 Å². The first kappa shape index (κ1) is 22.6. The molecule has 0 radical (unpaired) electrons. The van der Waals surface area contributed by atoms with Gasteiger partial charge in [0.2, 0.25) is 0 Å². The first-order chi connectivity index (χ1) is 15.6. The third kappa shape index (κ3) is 4.79. The number of rotatable bonds is 4. The maximum absolute atomic E-state index is 12.9. The molecule has 0 saturated carbocycles. The van der Waals surface area contributed by atoms with Crippen LogP contribution in [-0.2, 0) is 14.3 Å². The van der Waals surface area contributed by atoms with Gasteiger partial charge in [-0.25, -0.2) is 14.4 Å². The molecule has 1 aliphatic carbocycles. The van der Waals surface area contributed by atoms with Gasteiger partial charge in [0.15, 0.2) is 0 Å². The Morgan fingerprint density at radius 1 is 1.03 bits per heavy atom. The smallest absolute Gasteiger partial charge is 0.410 e. The van der Waals surface area contributed by atoms with Gasteiger partial charge in [0.05, 0.1) is 6.04 Å². The summed E-state index contributed by atoms with van der Waals surface area (Å²) in [7, 11) is 0. The molecule has 2 atom stereocenters. The Balaban J connectivity index is 1.43. The van der Waals surface area contributed by atoms with Crippen LogP contribution in [0.25, 0.3) is 11.1 Å². The summed E-state index contributed by atoms with van der Waals surface area (Å²) in [5.74, 6) is -1.26. The van der Waals surface area contributed by atoms with Crippen molar-refractivity contribution in [1.29, 1.82) is 0 Å². The number of likely N-dealkylation sites (tertiary alicyclic amines) is 1. The van der Waals surface area contributed by atoms with Gasteiger partial charge < -0.3 is 19.9 Å². The average molecular weight is 453 g/mol. The summed E-state index contributed by atoms with van der Waals surface area (Å²) in [5.41, 5.74) is 3.70. The van der Waals surface area contributed by atoms with E-state index in [1.807, 2.05) is 48.5 Å². The predicted molar refractivity (Wildman–Crippen MR) is 121 cm³/mol. The normalized spacial score (nSPS) is 19.5. The number of ether oxygens (including phenoxy) is 2. The highest BCUT2D eigenvalue weighted by Gasteiger charge is 2.42. The van der Waals surface area contributed by atoms with Crippen LogP contribution in [0.4, 0.5) is 9.59 Å². The van der Waals surface area contributed by atoms with Gasteiger partial charge in [0.1, 0.15) is 18.2 Å². The van der Waals surface area contributed by atoms with E-state index < -0.39 is 35.8 Å². The maximum atomic E-state index is 12.9. The molecule has 33 heavy (non-hydrogen) atoms. The van der Waals surface area contributed by atoms with Gasteiger partial charge in [-0.3, -0.25) is 4.90 Å². The summed E-state index contributed by atoms with van der Waals surface area (Å²) in [6.45, 7) is 5.35. The van der Waals surface area contributed by atoms with E-state index in [9.17, 15) is 19.5 Å². The van der Waals surface area contributed by atoms with Gasteiger partial charge in [-0.2, -0.15) is 0 Å². The van der Waals surface area contributed by atoms with Gasteiger partial charge >= 0.3 is 18.2 Å².